The van der Waals surface area contributed by atoms with E-state index < -0.39 is 0 Å². The van der Waals surface area contributed by atoms with Crippen molar-refractivity contribution in [3.8, 4) is 0 Å². The van der Waals surface area contributed by atoms with Crippen LogP contribution in [0.1, 0.15) is 32.0 Å². The summed E-state index contributed by atoms with van der Waals surface area (Å²) < 4.78 is 5.36. The lowest BCUT2D eigenvalue weighted by molar-refractivity contribution is 0.329. The predicted molar refractivity (Wildman–Crippen MR) is 70.2 cm³/mol. The fourth-order valence-electron chi connectivity index (χ4n) is 2.24. The molecule has 1 heterocycles. The largest absolute Gasteiger partial charge is 0.316 e. The number of thioether (sulfide) groups is 1. The lowest BCUT2D eigenvalue weighted by Crippen LogP contribution is -2.40. The maximum atomic E-state index is 4.44. The SMILES string of the molecule is CNC1CCC(C)CC1Sc1nc(C)ns1. The molecule has 3 atom stereocenters. The maximum Gasteiger partial charge on any atom is 0.170 e. The Morgan fingerprint density at radius 1 is 1.44 bits per heavy atom. The zero-order chi connectivity index (χ0) is 11.5. The summed E-state index contributed by atoms with van der Waals surface area (Å²) in [5.74, 6) is 1.74. The van der Waals surface area contributed by atoms with Crippen molar-refractivity contribution in [1.29, 1.82) is 0 Å². The molecule has 0 saturated heterocycles. The molecule has 1 fully saturated rings. The van der Waals surface area contributed by atoms with Crippen molar-refractivity contribution in [1.82, 2.24) is 14.7 Å². The van der Waals surface area contributed by atoms with Gasteiger partial charge < -0.3 is 5.32 Å². The molecule has 0 radical (unpaired) electrons. The molecule has 1 N–H and O–H groups in total. The van der Waals surface area contributed by atoms with Gasteiger partial charge in [-0.2, -0.15) is 4.37 Å². The quantitative estimate of drug-likeness (QED) is 0.903. The molecule has 0 amide bonds. The standard InChI is InChI=1S/C11H19N3S2/c1-7-4-5-9(12-3)10(6-7)15-11-13-8(2)14-16-11/h7,9-10,12H,4-6H2,1-3H3. The van der Waals surface area contributed by atoms with E-state index in [-0.39, 0.29) is 0 Å². The van der Waals surface area contributed by atoms with Gasteiger partial charge in [-0.1, -0.05) is 18.7 Å². The fourth-order valence-corrected chi connectivity index (χ4v) is 4.63. The Hall–Kier alpha value is -0.130. The molecule has 0 aromatic carbocycles. The summed E-state index contributed by atoms with van der Waals surface area (Å²) in [7, 11) is 2.07. The minimum Gasteiger partial charge on any atom is -0.316 e. The van der Waals surface area contributed by atoms with Crippen molar-refractivity contribution in [2.45, 2.75) is 48.7 Å². The number of aryl methyl sites for hydroxylation is 1. The topological polar surface area (TPSA) is 37.8 Å². The monoisotopic (exact) mass is 257 g/mol. The van der Waals surface area contributed by atoms with Gasteiger partial charge in [0.05, 0.1) is 0 Å². The summed E-state index contributed by atoms with van der Waals surface area (Å²) in [6.07, 6.45) is 3.92. The van der Waals surface area contributed by atoms with Gasteiger partial charge in [-0.05, 0) is 50.7 Å². The lowest BCUT2D eigenvalue weighted by Gasteiger charge is -2.33. The van der Waals surface area contributed by atoms with Crippen molar-refractivity contribution in [3.05, 3.63) is 5.82 Å². The molecule has 5 heteroatoms. The third-order valence-electron chi connectivity index (χ3n) is 3.19. The van der Waals surface area contributed by atoms with E-state index in [1.54, 1.807) is 0 Å². The second kappa shape index (κ2) is 5.47. The Kier molecular flexibility index (Phi) is 4.21. The fraction of sp³-hybridized carbons (Fsp3) is 0.818. The first-order valence-corrected chi connectivity index (χ1v) is 7.48. The van der Waals surface area contributed by atoms with Gasteiger partial charge in [0.15, 0.2) is 4.34 Å². The van der Waals surface area contributed by atoms with Crippen LogP contribution in [0.15, 0.2) is 4.34 Å². The minimum absolute atomic E-state index is 0.630. The van der Waals surface area contributed by atoms with E-state index in [4.69, 9.17) is 0 Å². The number of nitrogens with one attached hydrogen (secondary N) is 1. The van der Waals surface area contributed by atoms with Crippen LogP contribution in [0.2, 0.25) is 0 Å². The number of nitrogens with zero attached hydrogens (tertiary/aromatic N) is 2. The molecule has 1 aliphatic carbocycles. The first kappa shape index (κ1) is 12.3. The maximum absolute atomic E-state index is 4.44. The Bertz CT molecular complexity index is 340. The van der Waals surface area contributed by atoms with Gasteiger partial charge in [-0.15, -0.1) is 0 Å². The highest BCUT2D eigenvalue weighted by Crippen LogP contribution is 2.36. The number of hydrogen-bond donors (Lipinski definition) is 1. The Morgan fingerprint density at radius 3 is 2.88 bits per heavy atom. The molecule has 0 aliphatic heterocycles. The third-order valence-corrected chi connectivity index (χ3v) is 5.42. The second-order valence-corrected chi connectivity index (χ2v) is 6.82. The summed E-state index contributed by atoms with van der Waals surface area (Å²) >= 11 is 3.44. The molecule has 3 unspecified atom stereocenters. The van der Waals surface area contributed by atoms with E-state index in [2.05, 4.69) is 28.6 Å². The average Bonchev–Trinajstić information content (AvgIpc) is 2.64. The van der Waals surface area contributed by atoms with E-state index in [9.17, 15) is 0 Å². The minimum atomic E-state index is 0.630. The number of aromatic nitrogens is 2. The predicted octanol–water partition coefficient (Wildman–Crippen LogP) is 2.72. The van der Waals surface area contributed by atoms with Gasteiger partial charge in [-0.25, -0.2) is 4.98 Å². The molecular weight excluding hydrogens is 238 g/mol. The van der Waals surface area contributed by atoms with Gasteiger partial charge in [0.25, 0.3) is 0 Å². The molecule has 3 nitrogen and oxygen atoms in total. The molecule has 1 aliphatic rings. The molecule has 1 aromatic heterocycles. The van der Waals surface area contributed by atoms with Crippen molar-refractivity contribution >= 4 is 23.3 Å². The van der Waals surface area contributed by atoms with Crippen LogP contribution >= 0.6 is 23.3 Å². The highest BCUT2D eigenvalue weighted by molar-refractivity contribution is 8.01. The van der Waals surface area contributed by atoms with Gasteiger partial charge >= 0.3 is 0 Å². The molecule has 1 aromatic rings. The smallest absolute Gasteiger partial charge is 0.170 e. The van der Waals surface area contributed by atoms with Crippen LogP contribution in [-0.4, -0.2) is 27.7 Å². The summed E-state index contributed by atoms with van der Waals surface area (Å²) in [5.41, 5.74) is 0. The zero-order valence-electron chi connectivity index (χ0n) is 10.1. The van der Waals surface area contributed by atoms with E-state index in [1.807, 2.05) is 18.7 Å². The van der Waals surface area contributed by atoms with Gasteiger partial charge in [0, 0.05) is 11.3 Å². The summed E-state index contributed by atoms with van der Waals surface area (Å²) in [4.78, 5) is 4.44. The molecule has 0 spiro atoms. The number of rotatable bonds is 3. The first-order chi connectivity index (χ1) is 7.69. The normalized spacial score (nSPS) is 30.6. The van der Waals surface area contributed by atoms with E-state index in [0.29, 0.717) is 11.3 Å². The molecule has 16 heavy (non-hydrogen) atoms. The van der Waals surface area contributed by atoms with Crippen LogP contribution in [0.5, 0.6) is 0 Å². The molecule has 1 saturated carbocycles. The Labute approximate surface area is 106 Å². The lowest BCUT2D eigenvalue weighted by atomic mass is 9.87. The molecule has 90 valence electrons. The Balaban J connectivity index is 2.00. The van der Waals surface area contributed by atoms with Gasteiger partial charge in [0.1, 0.15) is 5.82 Å². The zero-order valence-corrected chi connectivity index (χ0v) is 11.7. The van der Waals surface area contributed by atoms with Gasteiger partial charge in [-0.3, -0.25) is 0 Å². The van der Waals surface area contributed by atoms with E-state index in [0.717, 1.165) is 16.1 Å². The number of hydrogen-bond acceptors (Lipinski definition) is 5. The Morgan fingerprint density at radius 2 is 2.25 bits per heavy atom. The van der Waals surface area contributed by atoms with Gasteiger partial charge in [0.2, 0.25) is 0 Å². The highest BCUT2D eigenvalue weighted by atomic mass is 32.2. The first-order valence-electron chi connectivity index (χ1n) is 5.83. The van der Waals surface area contributed by atoms with Crippen molar-refractivity contribution in [2.75, 3.05) is 7.05 Å². The summed E-state index contributed by atoms with van der Waals surface area (Å²) in [6.45, 7) is 4.31. The summed E-state index contributed by atoms with van der Waals surface area (Å²) in [5, 5.41) is 4.09. The van der Waals surface area contributed by atoms with E-state index >= 15 is 0 Å². The van der Waals surface area contributed by atoms with Crippen LogP contribution in [0, 0.1) is 12.8 Å². The third kappa shape index (κ3) is 2.96. The summed E-state index contributed by atoms with van der Waals surface area (Å²) in [6, 6.07) is 0.630. The van der Waals surface area contributed by atoms with Crippen LogP contribution in [-0.2, 0) is 0 Å². The van der Waals surface area contributed by atoms with Crippen LogP contribution in [0.3, 0.4) is 0 Å². The van der Waals surface area contributed by atoms with Crippen LogP contribution in [0.25, 0.3) is 0 Å². The van der Waals surface area contributed by atoms with Crippen LogP contribution in [0.4, 0.5) is 0 Å². The molecular formula is C11H19N3S2. The molecule has 0 bridgehead atoms. The van der Waals surface area contributed by atoms with Crippen molar-refractivity contribution in [2.24, 2.45) is 5.92 Å². The average molecular weight is 257 g/mol. The van der Waals surface area contributed by atoms with Crippen molar-refractivity contribution < 1.29 is 0 Å². The molecule has 2 rings (SSSR count). The second-order valence-electron chi connectivity index (χ2n) is 4.58. The van der Waals surface area contributed by atoms with Crippen LogP contribution < -0.4 is 5.32 Å². The van der Waals surface area contributed by atoms with E-state index in [1.165, 1.54) is 30.8 Å². The highest BCUT2D eigenvalue weighted by Gasteiger charge is 2.29. The van der Waals surface area contributed by atoms with Crippen molar-refractivity contribution in [3.63, 3.8) is 0 Å².